The average Bonchev–Trinajstić information content (AvgIpc) is 3.65. The number of nitrogens with one attached hydrogen (secondary N) is 2. The van der Waals surface area contributed by atoms with Gasteiger partial charge in [-0.25, -0.2) is 0 Å². The van der Waals surface area contributed by atoms with Crippen LogP contribution in [0.15, 0.2) is 78.2 Å². The molecular formula is C26H26N6O2S. The van der Waals surface area contributed by atoms with Crippen LogP contribution in [0.3, 0.4) is 0 Å². The number of benzene rings is 2. The number of amides is 2. The Morgan fingerprint density at radius 2 is 1.83 bits per heavy atom. The first-order valence-corrected chi connectivity index (χ1v) is 12.5. The van der Waals surface area contributed by atoms with Gasteiger partial charge in [0, 0.05) is 24.5 Å². The smallest absolute Gasteiger partial charge is 0.247 e. The monoisotopic (exact) mass is 486 g/mol. The van der Waals surface area contributed by atoms with Gasteiger partial charge >= 0.3 is 0 Å². The van der Waals surface area contributed by atoms with E-state index in [4.69, 9.17) is 0 Å². The summed E-state index contributed by atoms with van der Waals surface area (Å²) in [6, 6.07) is 19.0. The number of para-hydroxylation sites is 2. The van der Waals surface area contributed by atoms with Crippen molar-refractivity contribution in [3.63, 3.8) is 0 Å². The Hall–Kier alpha value is -3.85. The molecule has 35 heavy (non-hydrogen) atoms. The Morgan fingerprint density at radius 3 is 2.63 bits per heavy atom. The summed E-state index contributed by atoms with van der Waals surface area (Å²) in [5.74, 6) is 0.604. The van der Waals surface area contributed by atoms with Crippen molar-refractivity contribution in [2.24, 2.45) is 0 Å². The van der Waals surface area contributed by atoms with E-state index in [0.717, 1.165) is 17.7 Å². The number of aromatic amines is 1. The first-order valence-electron chi connectivity index (χ1n) is 11.5. The minimum atomic E-state index is -0.487. The highest BCUT2D eigenvalue weighted by Gasteiger charge is 2.34. The number of carbonyl (C=O) groups is 2. The number of hydrogen-bond acceptors (Lipinski definition) is 5. The number of rotatable bonds is 7. The molecule has 2 amide bonds. The van der Waals surface area contributed by atoms with Gasteiger partial charge in [0.1, 0.15) is 6.04 Å². The van der Waals surface area contributed by atoms with Crippen molar-refractivity contribution >= 4 is 29.3 Å². The van der Waals surface area contributed by atoms with Gasteiger partial charge in [0.2, 0.25) is 11.8 Å². The Balaban J connectivity index is 1.21. The highest BCUT2D eigenvalue weighted by molar-refractivity contribution is 7.99. The van der Waals surface area contributed by atoms with Gasteiger partial charge in [0.05, 0.1) is 17.1 Å². The zero-order valence-electron chi connectivity index (χ0n) is 19.3. The number of anilines is 1. The largest absolute Gasteiger partial charge is 0.330 e. The third-order valence-corrected chi connectivity index (χ3v) is 6.89. The van der Waals surface area contributed by atoms with Crippen LogP contribution >= 0.6 is 11.8 Å². The molecule has 2 aromatic heterocycles. The fraction of sp³-hybridized carbons (Fsp3) is 0.231. The minimum absolute atomic E-state index is 0.0837. The van der Waals surface area contributed by atoms with Crippen molar-refractivity contribution in [2.75, 3.05) is 17.6 Å². The van der Waals surface area contributed by atoms with Crippen LogP contribution in [0, 0.1) is 6.92 Å². The predicted molar refractivity (Wildman–Crippen MR) is 136 cm³/mol. The molecule has 0 radical (unpaired) electrons. The van der Waals surface area contributed by atoms with Crippen molar-refractivity contribution in [1.29, 1.82) is 0 Å². The molecule has 4 aromatic rings. The summed E-state index contributed by atoms with van der Waals surface area (Å²) in [6.07, 6.45) is 5.31. The molecule has 1 unspecified atom stereocenters. The van der Waals surface area contributed by atoms with Crippen molar-refractivity contribution in [3.05, 3.63) is 78.6 Å². The molecule has 0 bridgehead atoms. The number of H-pyrrole nitrogens is 1. The second kappa shape index (κ2) is 10.2. The normalized spacial score (nSPS) is 15.3. The number of aryl methyl sites for hydroxylation is 1. The zero-order chi connectivity index (χ0) is 24.2. The molecule has 1 atom stereocenters. The van der Waals surface area contributed by atoms with Gasteiger partial charge < -0.3 is 19.8 Å². The maximum Gasteiger partial charge on any atom is 0.247 e. The van der Waals surface area contributed by atoms with Gasteiger partial charge in [-0.2, -0.15) is 0 Å². The van der Waals surface area contributed by atoms with E-state index in [9.17, 15) is 9.59 Å². The molecule has 9 heteroatoms. The van der Waals surface area contributed by atoms with Gasteiger partial charge in [-0.05, 0) is 44.0 Å². The predicted octanol–water partition coefficient (Wildman–Crippen LogP) is 4.29. The van der Waals surface area contributed by atoms with Crippen molar-refractivity contribution in [1.82, 2.24) is 24.6 Å². The minimum Gasteiger partial charge on any atom is -0.330 e. The number of hydrogen-bond donors (Lipinski definition) is 2. The summed E-state index contributed by atoms with van der Waals surface area (Å²) in [7, 11) is 0. The first kappa shape index (κ1) is 22.9. The molecule has 2 aromatic carbocycles. The number of likely N-dealkylation sites (tertiary alicyclic amines) is 1. The maximum atomic E-state index is 13.2. The van der Waals surface area contributed by atoms with Gasteiger partial charge in [-0.15, -0.1) is 10.2 Å². The third-order valence-electron chi connectivity index (χ3n) is 6.04. The van der Waals surface area contributed by atoms with E-state index in [1.807, 2.05) is 84.5 Å². The molecule has 5 rings (SSSR count). The van der Waals surface area contributed by atoms with E-state index >= 15 is 0 Å². The molecule has 1 saturated heterocycles. The second-order valence-corrected chi connectivity index (χ2v) is 9.44. The summed E-state index contributed by atoms with van der Waals surface area (Å²) in [5.41, 5.74) is 3.71. The molecule has 3 heterocycles. The van der Waals surface area contributed by atoms with E-state index in [-0.39, 0.29) is 17.6 Å². The van der Waals surface area contributed by atoms with E-state index < -0.39 is 6.04 Å². The van der Waals surface area contributed by atoms with Crippen molar-refractivity contribution in [3.8, 4) is 17.1 Å². The Kier molecular flexibility index (Phi) is 6.67. The fourth-order valence-corrected chi connectivity index (χ4v) is 4.91. The summed E-state index contributed by atoms with van der Waals surface area (Å²) in [5, 5.41) is 12.0. The standard InChI is InChI=1S/C26H26N6O2S/c1-18-10-12-19(13-11-18)24-28-26(30-29-24)35-17-23(33)32-16-6-9-22(32)25(34)27-20-7-2-3-8-21(20)31-14-4-5-15-31/h2-5,7-8,10-15,22H,6,9,16-17H2,1H3,(H,27,34)(H,28,29,30). The van der Waals surface area contributed by atoms with E-state index in [1.165, 1.54) is 17.3 Å². The molecular weight excluding hydrogens is 460 g/mol. The molecule has 8 nitrogen and oxygen atoms in total. The molecule has 178 valence electrons. The first-order chi connectivity index (χ1) is 17.1. The quantitative estimate of drug-likeness (QED) is 0.380. The fourth-order valence-electron chi connectivity index (χ4n) is 4.22. The van der Waals surface area contributed by atoms with E-state index in [2.05, 4.69) is 20.5 Å². The summed E-state index contributed by atoms with van der Waals surface area (Å²) >= 11 is 1.30. The molecule has 1 aliphatic heterocycles. The Labute approximate surface area is 207 Å². The van der Waals surface area contributed by atoms with E-state index in [0.29, 0.717) is 29.6 Å². The van der Waals surface area contributed by atoms with Gasteiger partial charge in [0.25, 0.3) is 0 Å². The topological polar surface area (TPSA) is 95.9 Å². The van der Waals surface area contributed by atoms with Crippen LogP contribution in [0.5, 0.6) is 0 Å². The molecule has 1 fully saturated rings. The molecule has 0 saturated carbocycles. The lowest BCUT2D eigenvalue weighted by Gasteiger charge is -2.24. The zero-order valence-corrected chi connectivity index (χ0v) is 20.2. The SMILES string of the molecule is Cc1ccc(-c2nnc(SCC(=O)N3CCCC3C(=O)Nc3ccccc3-n3cccc3)[nH]2)cc1. The molecule has 2 N–H and O–H groups in total. The average molecular weight is 487 g/mol. The van der Waals surface area contributed by atoms with Gasteiger partial charge in [-0.3, -0.25) is 9.59 Å². The van der Waals surface area contributed by atoms with Crippen LogP contribution < -0.4 is 5.32 Å². The van der Waals surface area contributed by atoms with Gasteiger partial charge in [-0.1, -0.05) is 53.7 Å². The van der Waals surface area contributed by atoms with Gasteiger partial charge in [0.15, 0.2) is 11.0 Å². The van der Waals surface area contributed by atoms with Crippen molar-refractivity contribution < 1.29 is 9.59 Å². The molecule has 0 aliphatic carbocycles. The number of nitrogens with zero attached hydrogens (tertiary/aromatic N) is 4. The second-order valence-electron chi connectivity index (χ2n) is 8.48. The Morgan fingerprint density at radius 1 is 1.06 bits per heavy atom. The molecule has 1 aliphatic rings. The lowest BCUT2D eigenvalue weighted by atomic mass is 10.1. The summed E-state index contributed by atoms with van der Waals surface area (Å²) in [6.45, 7) is 2.60. The summed E-state index contributed by atoms with van der Waals surface area (Å²) in [4.78, 5) is 31.0. The maximum absolute atomic E-state index is 13.2. The summed E-state index contributed by atoms with van der Waals surface area (Å²) < 4.78 is 1.95. The molecule has 0 spiro atoms. The van der Waals surface area contributed by atoms with Crippen LogP contribution in [-0.2, 0) is 9.59 Å². The number of aromatic nitrogens is 4. The number of carbonyl (C=O) groups excluding carboxylic acids is 2. The number of thioether (sulfide) groups is 1. The Bertz CT molecular complexity index is 1320. The van der Waals surface area contributed by atoms with Crippen LogP contribution in [0.25, 0.3) is 17.1 Å². The van der Waals surface area contributed by atoms with Crippen LogP contribution in [0.4, 0.5) is 5.69 Å². The lowest BCUT2D eigenvalue weighted by molar-refractivity contribution is -0.134. The van der Waals surface area contributed by atoms with E-state index in [1.54, 1.807) is 4.90 Å². The third kappa shape index (κ3) is 5.14. The van der Waals surface area contributed by atoms with Crippen LogP contribution in [-0.4, -0.2) is 54.8 Å². The highest BCUT2D eigenvalue weighted by Crippen LogP contribution is 2.25. The van der Waals surface area contributed by atoms with Crippen molar-refractivity contribution in [2.45, 2.75) is 31.0 Å². The van der Waals surface area contributed by atoms with Crippen LogP contribution in [0.1, 0.15) is 18.4 Å². The highest BCUT2D eigenvalue weighted by atomic mass is 32.2. The van der Waals surface area contributed by atoms with Crippen LogP contribution in [0.2, 0.25) is 0 Å². The lowest BCUT2D eigenvalue weighted by Crippen LogP contribution is -2.44.